The fourth-order valence-corrected chi connectivity index (χ4v) is 3.34. The van der Waals surface area contributed by atoms with E-state index in [1.807, 2.05) is 67.6 Å². The van der Waals surface area contributed by atoms with Crippen molar-refractivity contribution in [3.05, 3.63) is 88.4 Å². The Bertz CT molecular complexity index is 927. The standard InChI is InChI=1S/C24H24BrNO3/c1-18-16-20(25)9-14-23(18)29-17-24(27)26-21-10-12-22(13-11-21)28-15-5-8-19-6-3-2-4-7-19/h2-4,6-7,9-14,16H,5,8,15,17H2,1H3,(H,26,27). The number of hydrogen-bond donors (Lipinski definition) is 1. The van der Waals surface area contributed by atoms with Gasteiger partial charge in [0.15, 0.2) is 6.61 Å². The van der Waals surface area contributed by atoms with E-state index < -0.39 is 0 Å². The molecule has 0 unspecified atom stereocenters. The fraction of sp³-hybridized carbons (Fsp3) is 0.208. The van der Waals surface area contributed by atoms with E-state index in [1.54, 1.807) is 0 Å². The molecule has 0 saturated carbocycles. The highest BCUT2D eigenvalue weighted by molar-refractivity contribution is 9.10. The highest BCUT2D eigenvalue weighted by Crippen LogP contribution is 2.22. The normalized spacial score (nSPS) is 10.4. The molecule has 0 fully saturated rings. The number of benzene rings is 3. The van der Waals surface area contributed by atoms with E-state index in [2.05, 4.69) is 33.4 Å². The first-order valence-corrected chi connectivity index (χ1v) is 10.3. The highest BCUT2D eigenvalue weighted by Gasteiger charge is 2.06. The molecule has 4 nitrogen and oxygen atoms in total. The maximum absolute atomic E-state index is 12.1. The Morgan fingerprint density at radius 1 is 0.966 bits per heavy atom. The average molecular weight is 454 g/mol. The van der Waals surface area contributed by atoms with Gasteiger partial charge in [-0.1, -0.05) is 46.3 Å². The molecule has 150 valence electrons. The lowest BCUT2D eigenvalue weighted by molar-refractivity contribution is -0.118. The molecule has 0 spiro atoms. The van der Waals surface area contributed by atoms with Crippen molar-refractivity contribution in [3.8, 4) is 11.5 Å². The minimum Gasteiger partial charge on any atom is -0.494 e. The summed E-state index contributed by atoms with van der Waals surface area (Å²) in [6.45, 7) is 2.55. The van der Waals surface area contributed by atoms with Crippen LogP contribution in [0.4, 0.5) is 5.69 Å². The monoisotopic (exact) mass is 453 g/mol. The molecule has 0 atom stereocenters. The van der Waals surface area contributed by atoms with Crippen LogP contribution in [0.2, 0.25) is 0 Å². The molecule has 0 aromatic heterocycles. The smallest absolute Gasteiger partial charge is 0.262 e. The van der Waals surface area contributed by atoms with Gasteiger partial charge >= 0.3 is 0 Å². The minimum absolute atomic E-state index is 0.0415. The zero-order valence-corrected chi connectivity index (χ0v) is 17.9. The number of ether oxygens (including phenoxy) is 2. The Morgan fingerprint density at radius 3 is 2.45 bits per heavy atom. The largest absolute Gasteiger partial charge is 0.494 e. The zero-order valence-electron chi connectivity index (χ0n) is 16.4. The van der Waals surface area contributed by atoms with Crippen molar-refractivity contribution >= 4 is 27.5 Å². The molecule has 0 bridgehead atoms. The predicted molar refractivity (Wildman–Crippen MR) is 120 cm³/mol. The van der Waals surface area contributed by atoms with Gasteiger partial charge in [0, 0.05) is 10.2 Å². The maximum atomic E-state index is 12.1. The lowest BCUT2D eigenvalue weighted by Crippen LogP contribution is -2.20. The van der Waals surface area contributed by atoms with E-state index in [0.29, 0.717) is 18.0 Å². The number of hydrogen-bond acceptors (Lipinski definition) is 3. The van der Waals surface area contributed by atoms with Gasteiger partial charge < -0.3 is 14.8 Å². The van der Waals surface area contributed by atoms with E-state index in [0.717, 1.165) is 28.6 Å². The molecule has 29 heavy (non-hydrogen) atoms. The Morgan fingerprint density at radius 2 is 1.72 bits per heavy atom. The predicted octanol–water partition coefficient (Wildman–Crippen LogP) is 5.79. The molecule has 5 heteroatoms. The Kier molecular flexibility index (Phi) is 7.70. The van der Waals surface area contributed by atoms with Gasteiger partial charge in [0.25, 0.3) is 5.91 Å². The maximum Gasteiger partial charge on any atom is 0.262 e. The van der Waals surface area contributed by atoms with Crippen molar-refractivity contribution in [2.45, 2.75) is 19.8 Å². The van der Waals surface area contributed by atoms with Crippen LogP contribution in [0.15, 0.2) is 77.3 Å². The van der Waals surface area contributed by atoms with Crippen LogP contribution in [0, 0.1) is 6.92 Å². The van der Waals surface area contributed by atoms with Crippen LogP contribution >= 0.6 is 15.9 Å². The van der Waals surface area contributed by atoms with Crippen LogP contribution in [0.5, 0.6) is 11.5 Å². The molecule has 3 aromatic rings. The third kappa shape index (κ3) is 6.95. The van der Waals surface area contributed by atoms with Crippen LogP contribution in [-0.2, 0) is 11.2 Å². The number of carbonyl (C=O) groups is 1. The Hall–Kier alpha value is -2.79. The van der Waals surface area contributed by atoms with Crippen LogP contribution in [0.1, 0.15) is 17.5 Å². The second-order valence-corrected chi connectivity index (χ2v) is 7.62. The van der Waals surface area contributed by atoms with E-state index in [9.17, 15) is 4.79 Å². The number of amides is 1. The van der Waals surface area contributed by atoms with E-state index in [-0.39, 0.29) is 12.5 Å². The quantitative estimate of drug-likeness (QED) is 0.417. The van der Waals surface area contributed by atoms with Gasteiger partial charge in [-0.15, -0.1) is 0 Å². The van der Waals surface area contributed by atoms with Crippen molar-refractivity contribution in [1.29, 1.82) is 0 Å². The molecule has 0 radical (unpaired) electrons. The van der Waals surface area contributed by atoms with E-state index in [1.165, 1.54) is 5.56 Å². The first kappa shape index (κ1) is 20.9. The summed E-state index contributed by atoms with van der Waals surface area (Å²) in [6, 6.07) is 23.4. The molecular formula is C24H24BrNO3. The Balaban J connectivity index is 1.39. The topological polar surface area (TPSA) is 47.6 Å². The first-order valence-electron chi connectivity index (χ1n) is 9.56. The highest BCUT2D eigenvalue weighted by atomic mass is 79.9. The van der Waals surface area contributed by atoms with Gasteiger partial charge in [0.2, 0.25) is 0 Å². The number of carbonyl (C=O) groups excluding carboxylic acids is 1. The second kappa shape index (κ2) is 10.7. The molecular weight excluding hydrogens is 430 g/mol. The number of aryl methyl sites for hydroxylation is 2. The van der Waals surface area contributed by atoms with Crippen LogP contribution in [0.25, 0.3) is 0 Å². The fourth-order valence-electron chi connectivity index (χ4n) is 2.86. The van der Waals surface area contributed by atoms with Gasteiger partial charge in [0.05, 0.1) is 6.61 Å². The number of rotatable bonds is 9. The molecule has 0 aliphatic carbocycles. The zero-order chi connectivity index (χ0) is 20.5. The summed E-state index contributed by atoms with van der Waals surface area (Å²) >= 11 is 3.41. The van der Waals surface area contributed by atoms with Gasteiger partial charge in [-0.25, -0.2) is 0 Å². The van der Waals surface area contributed by atoms with Gasteiger partial charge in [-0.05, 0) is 73.4 Å². The SMILES string of the molecule is Cc1cc(Br)ccc1OCC(=O)Nc1ccc(OCCCc2ccccc2)cc1. The first-order chi connectivity index (χ1) is 14.1. The molecule has 1 N–H and O–H groups in total. The van der Waals surface area contributed by atoms with Gasteiger partial charge in [0.1, 0.15) is 11.5 Å². The summed E-state index contributed by atoms with van der Waals surface area (Å²) in [4.78, 5) is 12.1. The van der Waals surface area contributed by atoms with Crippen molar-refractivity contribution in [2.75, 3.05) is 18.5 Å². The summed E-state index contributed by atoms with van der Waals surface area (Å²) in [5, 5.41) is 2.83. The minimum atomic E-state index is -0.205. The number of anilines is 1. The summed E-state index contributed by atoms with van der Waals surface area (Å²) in [5.41, 5.74) is 3.00. The van der Waals surface area contributed by atoms with Crippen LogP contribution < -0.4 is 14.8 Å². The molecule has 3 aromatic carbocycles. The molecule has 0 heterocycles. The van der Waals surface area contributed by atoms with Crippen molar-refractivity contribution in [1.82, 2.24) is 0 Å². The van der Waals surface area contributed by atoms with E-state index >= 15 is 0 Å². The van der Waals surface area contributed by atoms with Crippen molar-refractivity contribution in [3.63, 3.8) is 0 Å². The molecule has 1 amide bonds. The summed E-state index contributed by atoms with van der Waals surface area (Å²) in [5.74, 6) is 1.28. The second-order valence-electron chi connectivity index (χ2n) is 6.71. The average Bonchev–Trinajstić information content (AvgIpc) is 2.72. The van der Waals surface area contributed by atoms with Gasteiger partial charge in [-0.3, -0.25) is 4.79 Å². The molecule has 0 saturated heterocycles. The van der Waals surface area contributed by atoms with Gasteiger partial charge in [-0.2, -0.15) is 0 Å². The third-order valence-corrected chi connectivity index (χ3v) is 4.85. The Labute approximate surface area is 180 Å². The number of halogens is 1. The van der Waals surface area contributed by atoms with Crippen molar-refractivity contribution < 1.29 is 14.3 Å². The lowest BCUT2D eigenvalue weighted by Gasteiger charge is -2.11. The molecule has 3 rings (SSSR count). The third-order valence-electron chi connectivity index (χ3n) is 4.36. The van der Waals surface area contributed by atoms with Crippen molar-refractivity contribution in [2.24, 2.45) is 0 Å². The van der Waals surface area contributed by atoms with E-state index in [4.69, 9.17) is 9.47 Å². The molecule has 0 aliphatic heterocycles. The lowest BCUT2D eigenvalue weighted by atomic mass is 10.1. The summed E-state index contributed by atoms with van der Waals surface area (Å²) in [7, 11) is 0. The summed E-state index contributed by atoms with van der Waals surface area (Å²) in [6.07, 6.45) is 1.95. The van der Waals surface area contributed by atoms with Crippen LogP contribution in [-0.4, -0.2) is 19.1 Å². The van der Waals surface area contributed by atoms with Crippen LogP contribution in [0.3, 0.4) is 0 Å². The molecule has 0 aliphatic rings. The number of nitrogens with one attached hydrogen (secondary N) is 1. The summed E-state index contributed by atoms with van der Waals surface area (Å²) < 4.78 is 12.3.